The van der Waals surface area contributed by atoms with E-state index in [1.165, 1.54) is 12.4 Å². The molecule has 0 aliphatic rings. The number of rotatable bonds is 2. The van der Waals surface area contributed by atoms with Crippen LogP contribution in [-0.4, -0.2) is 30.8 Å². The topological polar surface area (TPSA) is 80.9 Å². The lowest BCUT2D eigenvalue weighted by molar-refractivity contribution is 0.0690. The van der Waals surface area contributed by atoms with Gasteiger partial charge in [0.2, 0.25) is 0 Å². The summed E-state index contributed by atoms with van der Waals surface area (Å²) in [6.07, 6.45) is 1.22. The summed E-state index contributed by atoms with van der Waals surface area (Å²) in [5.41, 5.74) is 2.10. The maximum atomic E-state index is 10.7. The quantitative estimate of drug-likeness (QED) is 0.809. The second-order valence-corrected chi connectivity index (χ2v) is 3.39. The Morgan fingerprint density at radius 1 is 1.31 bits per heavy atom. The minimum absolute atomic E-state index is 0.0340. The van der Waals surface area contributed by atoms with Gasteiger partial charge < -0.3 is 5.11 Å². The summed E-state index contributed by atoms with van der Waals surface area (Å²) in [5, 5.41) is 13.0. The van der Waals surface area contributed by atoms with Crippen LogP contribution in [0.4, 0.5) is 0 Å². The lowest BCUT2D eigenvalue weighted by atomic mass is 10.2. The number of aromatic nitrogens is 4. The van der Waals surface area contributed by atoms with Gasteiger partial charge in [0.05, 0.1) is 5.69 Å². The highest BCUT2D eigenvalue weighted by Gasteiger charge is 2.10. The lowest BCUT2D eigenvalue weighted by Crippen LogP contribution is -2.01. The van der Waals surface area contributed by atoms with Crippen LogP contribution in [0.25, 0.3) is 11.4 Å². The lowest BCUT2D eigenvalue weighted by Gasteiger charge is -1.96. The molecule has 0 saturated carbocycles. The fraction of sp³-hybridized carbons (Fsp3) is 0.200. The molecule has 0 spiro atoms. The van der Waals surface area contributed by atoms with Crippen molar-refractivity contribution in [3.63, 3.8) is 0 Å². The Morgan fingerprint density at radius 3 is 2.62 bits per heavy atom. The number of aryl methyl sites for hydroxylation is 2. The SMILES string of the molecule is Cc1cc(-c2cc(C(=O)O)ncn2)nn1C. The Morgan fingerprint density at radius 2 is 2.06 bits per heavy atom. The first-order valence-corrected chi connectivity index (χ1v) is 4.64. The number of carbonyl (C=O) groups is 1. The minimum Gasteiger partial charge on any atom is -0.477 e. The average molecular weight is 218 g/mol. The largest absolute Gasteiger partial charge is 0.477 e. The smallest absolute Gasteiger partial charge is 0.354 e. The van der Waals surface area contributed by atoms with Crippen LogP contribution >= 0.6 is 0 Å². The van der Waals surface area contributed by atoms with E-state index in [4.69, 9.17) is 5.11 Å². The maximum absolute atomic E-state index is 10.7. The third-order valence-electron chi connectivity index (χ3n) is 2.26. The second kappa shape index (κ2) is 3.73. The van der Waals surface area contributed by atoms with Crippen molar-refractivity contribution in [3.8, 4) is 11.4 Å². The third kappa shape index (κ3) is 1.77. The molecule has 16 heavy (non-hydrogen) atoms. The zero-order chi connectivity index (χ0) is 11.7. The molecule has 0 aromatic carbocycles. The average Bonchev–Trinajstić information content (AvgIpc) is 2.59. The molecule has 2 heterocycles. The highest BCUT2D eigenvalue weighted by Crippen LogP contribution is 2.16. The molecule has 0 atom stereocenters. The van der Waals surface area contributed by atoms with Crippen molar-refractivity contribution in [1.82, 2.24) is 19.7 Å². The van der Waals surface area contributed by atoms with Gasteiger partial charge in [-0.05, 0) is 19.1 Å². The highest BCUT2D eigenvalue weighted by molar-refractivity contribution is 5.86. The van der Waals surface area contributed by atoms with Gasteiger partial charge in [0.15, 0.2) is 5.69 Å². The van der Waals surface area contributed by atoms with Gasteiger partial charge in [0.25, 0.3) is 0 Å². The fourth-order valence-electron chi connectivity index (χ4n) is 1.30. The van der Waals surface area contributed by atoms with Crippen LogP contribution in [0.1, 0.15) is 16.2 Å². The molecule has 2 aromatic heterocycles. The Bertz CT molecular complexity index is 528. The van der Waals surface area contributed by atoms with Crippen molar-refractivity contribution in [3.05, 3.63) is 29.8 Å². The summed E-state index contributed by atoms with van der Waals surface area (Å²) in [4.78, 5) is 18.4. The second-order valence-electron chi connectivity index (χ2n) is 3.39. The van der Waals surface area contributed by atoms with Gasteiger partial charge in [-0.15, -0.1) is 0 Å². The number of aromatic carboxylic acids is 1. The van der Waals surface area contributed by atoms with Crippen LogP contribution in [0.15, 0.2) is 18.5 Å². The minimum atomic E-state index is -1.07. The van der Waals surface area contributed by atoms with Crippen molar-refractivity contribution >= 4 is 5.97 Å². The van der Waals surface area contributed by atoms with Crippen LogP contribution in [0, 0.1) is 6.92 Å². The van der Waals surface area contributed by atoms with Gasteiger partial charge in [0.1, 0.15) is 12.0 Å². The van der Waals surface area contributed by atoms with E-state index in [0.717, 1.165) is 5.69 Å². The van der Waals surface area contributed by atoms with E-state index in [1.54, 1.807) is 4.68 Å². The predicted octanol–water partition coefficient (Wildman–Crippen LogP) is 0.884. The Hall–Kier alpha value is -2.24. The monoisotopic (exact) mass is 218 g/mol. The Labute approximate surface area is 91.6 Å². The van der Waals surface area contributed by atoms with Crippen LogP contribution in [0.2, 0.25) is 0 Å². The van der Waals surface area contributed by atoms with Crippen molar-refractivity contribution in [1.29, 1.82) is 0 Å². The molecular formula is C10H10N4O2. The van der Waals surface area contributed by atoms with Crippen molar-refractivity contribution in [2.75, 3.05) is 0 Å². The van der Waals surface area contributed by atoms with Gasteiger partial charge >= 0.3 is 5.97 Å². The van der Waals surface area contributed by atoms with Gasteiger partial charge in [-0.3, -0.25) is 4.68 Å². The summed E-state index contributed by atoms with van der Waals surface area (Å²) in [6, 6.07) is 3.25. The number of nitrogens with zero attached hydrogens (tertiary/aromatic N) is 4. The number of hydrogen-bond acceptors (Lipinski definition) is 4. The van der Waals surface area contributed by atoms with Gasteiger partial charge in [-0.2, -0.15) is 5.10 Å². The Balaban J connectivity index is 2.48. The zero-order valence-electron chi connectivity index (χ0n) is 8.88. The first-order chi connectivity index (χ1) is 7.58. The van der Waals surface area contributed by atoms with Gasteiger partial charge in [0, 0.05) is 12.7 Å². The van der Waals surface area contributed by atoms with Gasteiger partial charge in [-0.25, -0.2) is 14.8 Å². The normalized spacial score (nSPS) is 10.4. The zero-order valence-corrected chi connectivity index (χ0v) is 8.88. The summed E-state index contributed by atoms with van der Waals surface area (Å²) in [6.45, 7) is 1.91. The molecule has 0 aliphatic heterocycles. The first-order valence-electron chi connectivity index (χ1n) is 4.64. The van der Waals surface area contributed by atoms with Crippen molar-refractivity contribution < 1.29 is 9.90 Å². The van der Waals surface area contributed by atoms with E-state index in [2.05, 4.69) is 15.1 Å². The molecule has 6 nitrogen and oxygen atoms in total. The third-order valence-corrected chi connectivity index (χ3v) is 2.26. The maximum Gasteiger partial charge on any atom is 0.354 e. The molecular weight excluding hydrogens is 208 g/mol. The van der Waals surface area contributed by atoms with E-state index in [0.29, 0.717) is 11.4 Å². The van der Waals surface area contributed by atoms with E-state index in [1.807, 2.05) is 20.0 Å². The number of carboxylic acid groups (broad SMARTS) is 1. The van der Waals surface area contributed by atoms with E-state index < -0.39 is 5.97 Å². The standard InChI is InChI=1S/C10H10N4O2/c1-6-3-8(13-14(6)2)7-4-9(10(15)16)12-5-11-7/h3-5H,1-2H3,(H,15,16). The molecule has 2 rings (SSSR count). The van der Waals surface area contributed by atoms with Crippen LogP contribution in [0.3, 0.4) is 0 Å². The summed E-state index contributed by atoms with van der Waals surface area (Å²) in [7, 11) is 1.82. The first kappa shape index (κ1) is 10.3. The van der Waals surface area contributed by atoms with Crippen molar-refractivity contribution in [2.45, 2.75) is 6.92 Å². The number of hydrogen-bond donors (Lipinski definition) is 1. The van der Waals surface area contributed by atoms with Crippen LogP contribution in [0.5, 0.6) is 0 Å². The summed E-state index contributed by atoms with van der Waals surface area (Å²) in [5.74, 6) is -1.07. The van der Waals surface area contributed by atoms with Crippen molar-refractivity contribution in [2.24, 2.45) is 7.05 Å². The molecule has 0 amide bonds. The molecule has 0 fully saturated rings. The molecule has 1 N–H and O–H groups in total. The molecule has 2 aromatic rings. The fourth-order valence-corrected chi connectivity index (χ4v) is 1.30. The predicted molar refractivity (Wildman–Crippen MR) is 55.9 cm³/mol. The molecule has 0 bridgehead atoms. The molecule has 0 radical (unpaired) electrons. The summed E-state index contributed by atoms with van der Waals surface area (Å²) >= 11 is 0. The molecule has 0 saturated heterocycles. The van der Waals surface area contributed by atoms with E-state index in [-0.39, 0.29) is 5.69 Å². The summed E-state index contributed by atoms with van der Waals surface area (Å²) < 4.78 is 1.71. The van der Waals surface area contributed by atoms with E-state index >= 15 is 0 Å². The van der Waals surface area contributed by atoms with E-state index in [9.17, 15) is 4.79 Å². The van der Waals surface area contributed by atoms with Crippen LogP contribution in [-0.2, 0) is 7.05 Å². The molecule has 0 unspecified atom stereocenters. The Kier molecular flexibility index (Phi) is 2.40. The highest BCUT2D eigenvalue weighted by atomic mass is 16.4. The van der Waals surface area contributed by atoms with Gasteiger partial charge in [-0.1, -0.05) is 0 Å². The molecule has 82 valence electrons. The number of carboxylic acids is 1. The van der Waals surface area contributed by atoms with Crippen LogP contribution < -0.4 is 0 Å². The molecule has 6 heteroatoms. The molecule has 0 aliphatic carbocycles.